The number of rotatable bonds is 5. The second kappa shape index (κ2) is 7.15. The molecule has 6 heteroatoms. The van der Waals surface area contributed by atoms with Gasteiger partial charge in [-0.15, -0.1) is 0 Å². The van der Waals surface area contributed by atoms with Crippen molar-refractivity contribution in [3.05, 3.63) is 38.3 Å². The van der Waals surface area contributed by atoms with Crippen molar-refractivity contribution in [3.8, 4) is 0 Å². The van der Waals surface area contributed by atoms with Crippen LogP contribution in [0.2, 0.25) is 0 Å². The van der Waals surface area contributed by atoms with Crippen molar-refractivity contribution in [3.63, 3.8) is 0 Å². The van der Waals surface area contributed by atoms with Crippen molar-refractivity contribution in [1.29, 1.82) is 0 Å². The van der Waals surface area contributed by atoms with Crippen LogP contribution >= 0.6 is 15.9 Å². The lowest BCUT2D eigenvalue weighted by Gasteiger charge is -2.29. The number of hydrogen-bond donors (Lipinski definition) is 1. The Kier molecular flexibility index (Phi) is 5.51. The Labute approximate surface area is 127 Å². The van der Waals surface area contributed by atoms with Crippen LogP contribution in [0.3, 0.4) is 0 Å². The molecule has 1 aromatic rings. The van der Waals surface area contributed by atoms with Crippen LogP contribution in [0.4, 0.5) is 5.69 Å². The van der Waals surface area contributed by atoms with Gasteiger partial charge in [-0.1, -0.05) is 6.07 Å². The van der Waals surface area contributed by atoms with Crippen LogP contribution < -0.4 is 5.32 Å². The van der Waals surface area contributed by atoms with E-state index in [0.717, 1.165) is 31.1 Å². The summed E-state index contributed by atoms with van der Waals surface area (Å²) in [7, 11) is 2.16. The fourth-order valence-electron chi connectivity index (χ4n) is 2.49. The molecule has 0 aromatic heterocycles. The summed E-state index contributed by atoms with van der Waals surface area (Å²) in [6, 6.07) is 5.29. The lowest BCUT2D eigenvalue weighted by atomic mass is 9.97. The zero-order valence-corrected chi connectivity index (χ0v) is 13.2. The molecule has 1 fully saturated rings. The first-order chi connectivity index (χ1) is 9.56. The minimum Gasteiger partial charge on any atom is -0.312 e. The number of nitrogens with zero attached hydrogens (tertiary/aromatic N) is 2. The highest BCUT2D eigenvalue weighted by Gasteiger charge is 2.16. The fraction of sp³-hybridized carbons (Fsp3) is 0.571. The third kappa shape index (κ3) is 4.26. The van der Waals surface area contributed by atoms with Crippen LogP contribution in [0.15, 0.2) is 22.7 Å². The molecule has 1 heterocycles. The Balaban J connectivity index is 1.82. The van der Waals surface area contributed by atoms with Crippen molar-refractivity contribution in [2.75, 3.05) is 26.7 Å². The number of piperidine rings is 1. The van der Waals surface area contributed by atoms with Gasteiger partial charge in [-0.25, -0.2) is 0 Å². The van der Waals surface area contributed by atoms with E-state index in [4.69, 9.17) is 0 Å². The highest BCUT2D eigenvalue weighted by Crippen LogP contribution is 2.25. The lowest BCUT2D eigenvalue weighted by molar-refractivity contribution is -0.385. The molecule has 0 saturated carbocycles. The number of benzene rings is 1. The highest BCUT2D eigenvalue weighted by molar-refractivity contribution is 9.10. The van der Waals surface area contributed by atoms with Crippen LogP contribution in [0.5, 0.6) is 0 Å². The van der Waals surface area contributed by atoms with E-state index in [0.29, 0.717) is 11.0 Å². The van der Waals surface area contributed by atoms with Gasteiger partial charge in [0.05, 0.1) is 9.40 Å². The lowest BCUT2D eigenvalue weighted by Crippen LogP contribution is -2.34. The molecule has 20 heavy (non-hydrogen) atoms. The summed E-state index contributed by atoms with van der Waals surface area (Å²) in [4.78, 5) is 12.9. The van der Waals surface area contributed by atoms with Gasteiger partial charge >= 0.3 is 0 Å². The Bertz CT molecular complexity index is 473. The monoisotopic (exact) mass is 341 g/mol. The minimum absolute atomic E-state index is 0.128. The molecular weight excluding hydrogens is 322 g/mol. The second-order valence-electron chi connectivity index (χ2n) is 5.42. The van der Waals surface area contributed by atoms with Gasteiger partial charge in [0, 0.05) is 12.6 Å². The number of nitro benzene ring substituents is 1. The average molecular weight is 342 g/mol. The molecule has 0 spiro atoms. The second-order valence-corrected chi connectivity index (χ2v) is 6.27. The first kappa shape index (κ1) is 15.4. The first-order valence-corrected chi connectivity index (χ1v) is 7.67. The number of hydrogen-bond acceptors (Lipinski definition) is 4. The standard InChI is InChI=1S/C14H20BrN3O2/c1-17-6-4-11(5-7-17)9-16-10-12-2-3-13(15)14(8-12)18(19)20/h2-3,8,11,16H,4-7,9-10H2,1H3. The van der Waals surface area contributed by atoms with E-state index in [9.17, 15) is 10.1 Å². The van der Waals surface area contributed by atoms with Gasteiger partial charge in [0.1, 0.15) is 0 Å². The smallest absolute Gasteiger partial charge is 0.283 e. The van der Waals surface area contributed by atoms with Crippen molar-refractivity contribution >= 4 is 21.6 Å². The van der Waals surface area contributed by atoms with Gasteiger partial charge in [-0.05, 0) is 73.0 Å². The molecule has 1 aromatic carbocycles. The van der Waals surface area contributed by atoms with E-state index in [2.05, 4.69) is 33.2 Å². The van der Waals surface area contributed by atoms with Gasteiger partial charge < -0.3 is 10.2 Å². The summed E-state index contributed by atoms with van der Waals surface area (Å²) in [6.45, 7) is 3.99. The summed E-state index contributed by atoms with van der Waals surface area (Å²) < 4.78 is 0.529. The quantitative estimate of drug-likeness (QED) is 0.660. The van der Waals surface area contributed by atoms with E-state index in [1.165, 1.54) is 12.8 Å². The van der Waals surface area contributed by atoms with Crippen LogP contribution in [-0.4, -0.2) is 36.5 Å². The number of halogens is 1. The Morgan fingerprint density at radius 1 is 1.45 bits per heavy atom. The maximum Gasteiger partial charge on any atom is 0.283 e. The number of likely N-dealkylation sites (tertiary alicyclic amines) is 1. The Hall–Kier alpha value is -0.980. The largest absolute Gasteiger partial charge is 0.312 e. The molecule has 2 rings (SSSR count). The van der Waals surface area contributed by atoms with Crippen molar-refractivity contribution in [2.45, 2.75) is 19.4 Å². The summed E-state index contributed by atoms with van der Waals surface area (Å²) in [5, 5.41) is 14.3. The summed E-state index contributed by atoms with van der Waals surface area (Å²) in [5.41, 5.74) is 1.08. The topological polar surface area (TPSA) is 58.4 Å². The van der Waals surface area contributed by atoms with Gasteiger partial charge in [-0.2, -0.15) is 0 Å². The first-order valence-electron chi connectivity index (χ1n) is 6.88. The molecular formula is C14H20BrN3O2. The molecule has 1 saturated heterocycles. The van der Waals surface area contributed by atoms with Crippen LogP contribution in [-0.2, 0) is 6.54 Å². The molecule has 0 atom stereocenters. The molecule has 0 bridgehead atoms. The van der Waals surface area contributed by atoms with Gasteiger partial charge in [0.2, 0.25) is 0 Å². The molecule has 1 aliphatic heterocycles. The SMILES string of the molecule is CN1CCC(CNCc2ccc(Br)c([N+](=O)[O-])c2)CC1. The highest BCUT2D eigenvalue weighted by atomic mass is 79.9. The maximum absolute atomic E-state index is 10.9. The third-order valence-electron chi connectivity index (χ3n) is 3.81. The van der Waals surface area contributed by atoms with Crippen molar-refractivity contribution in [2.24, 2.45) is 5.92 Å². The van der Waals surface area contributed by atoms with Crippen LogP contribution in [0.1, 0.15) is 18.4 Å². The summed E-state index contributed by atoms with van der Waals surface area (Å²) in [5.74, 6) is 0.719. The van der Waals surface area contributed by atoms with E-state index in [1.807, 2.05) is 6.07 Å². The Morgan fingerprint density at radius 3 is 2.80 bits per heavy atom. The molecule has 1 aliphatic rings. The maximum atomic E-state index is 10.9. The Morgan fingerprint density at radius 2 is 2.15 bits per heavy atom. The predicted octanol–water partition coefficient (Wildman–Crippen LogP) is 2.79. The van der Waals surface area contributed by atoms with Crippen LogP contribution in [0, 0.1) is 16.0 Å². The van der Waals surface area contributed by atoms with Crippen molar-refractivity contribution < 1.29 is 4.92 Å². The molecule has 0 radical (unpaired) electrons. The number of nitrogens with one attached hydrogen (secondary N) is 1. The normalized spacial score (nSPS) is 17.3. The van der Waals surface area contributed by atoms with Crippen molar-refractivity contribution in [1.82, 2.24) is 10.2 Å². The summed E-state index contributed by atoms with van der Waals surface area (Å²) in [6.07, 6.45) is 2.45. The average Bonchev–Trinajstić information content (AvgIpc) is 2.42. The van der Waals surface area contributed by atoms with E-state index < -0.39 is 0 Å². The molecule has 1 N–H and O–H groups in total. The van der Waals surface area contributed by atoms with E-state index in [1.54, 1.807) is 12.1 Å². The zero-order chi connectivity index (χ0) is 14.5. The summed E-state index contributed by atoms with van der Waals surface area (Å²) >= 11 is 3.20. The van der Waals surface area contributed by atoms with E-state index >= 15 is 0 Å². The molecule has 110 valence electrons. The van der Waals surface area contributed by atoms with E-state index in [-0.39, 0.29) is 10.6 Å². The molecule has 0 unspecified atom stereocenters. The van der Waals surface area contributed by atoms with Gasteiger partial charge in [0.15, 0.2) is 0 Å². The van der Waals surface area contributed by atoms with Gasteiger partial charge in [-0.3, -0.25) is 10.1 Å². The van der Waals surface area contributed by atoms with Gasteiger partial charge in [0.25, 0.3) is 5.69 Å². The van der Waals surface area contributed by atoms with Crippen LogP contribution in [0.25, 0.3) is 0 Å². The number of nitro groups is 1. The molecule has 5 nitrogen and oxygen atoms in total. The fourth-order valence-corrected chi connectivity index (χ4v) is 2.89. The molecule has 0 aliphatic carbocycles. The predicted molar refractivity (Wildman–Crippen MR) is 82.7 cm³/mol. The molecule has 0 amide bonds. The third-order valence-corrected chi connectivity index (χ3v) is 4.48. The minimum atomic E-state index is -0.357. The zero-order valence-electron chi connectivity index (χ0n) is 11.6.